The summed E-state index contributed by atoms with van der Waals surface area (Å²) in [7, 11) is 0. The van der Waals surface area contributed by atoms with E-state index in [0.717, 1.165) is 19.3 Å². The highest BCUT2D eigenvalue weighted by Crippen LogP contribution is 2.47. The number of rotatable bonds is 6. The molecule has 0 heterocycles. The van der Waals surface area contributed by atoms with Gasteiger partial charge in [0.1, 0.15) is 0 Å². The van der Waals surface area contributed by atoms with E-state index < -0.39 is 0 Å². The molecule has 3 atom stereocenters. The number of amides is 1. The molecule has 1 saturated carbocycles. The first kappa shape index (κ1) is 14.8. The summed E-state index contributed by atoms with van der Waals surface area (Å²) in [6, 6.07) is 21.0. The molecular weight excluding hydrogens is 270 g/mol. The summed E-state index contributed by atoms with van der Waals surface area (Å²) in [5.41, 5.74) is 2.62. The van der Waals surface area contributed by atoms with Crippen LogP contribution in [0.25, 0.3) is 0 Å². The molecule has 22 heavy (non-hydrogen) atoms. The van der Waals surface area contributed by atoms with Crippen LogP contribution in [-0.2, 0) is 11.2 Å². The molecule has 0 spiro atoms. The van der Waals surface area contributed by atoms with E-state index in [2.05, 4.69) is 48.6 Å². The monoisotopic (exact) mass is 293 g/mol. The average Bonchev–Trinajstić information content (AvgIpc) is 3.35. The Labute approximate surface area is 132 Å². The summed E-state index contributed by atoms with van der Waals surface area (Å²) >= 11 is 0. The molecule has 0 aromatic heterocycles. The van der Waals surface area contributed by atoms with Crippen LogP contribution < -0.4 is 5.32 Å². The Hall–Kier alpha value is -2.09. The highest BCUT2D eigenvalue weighted by Gasteiger charge is 2.43. The maximum Gasteiger partial charge on any atom is 0.223 e. The normalized spacial score (nSPS) is 21.1. The second-order valence-electron chi connectivity index (χ2n) is 6.29. The Morgan fingerprint density at radius 1 is 1.09 bits per heavy atom. The quantitative estimate of drug-likeness (QED) is 0.859. The minimum Gasteiger partial charge on any atom is -0.353 e. The van der Waals surface area contributed by atoms with Crippen LogP contribution in [0.5, 0.6) is 0 Å². The van der Waals surface area contributed by atoms with E-state index in [9.17, 15) is 4.79 Å². The number of hydrogen-bond donors (Lipinski definition) is 1. The first-order valence-corrected chi connectivity index (χ1v) is 8.13. The number of carbonyl (C=O) groups is 1. The van der Waals surface area contributed by atoms with Crippen molar-refractivity contribution in [2.45, 2.75) is 38.1 Å². The predicted molar refractivity (Wildman–Crippen MR) is 89.7 cm³/mol. The van der Waals surface area contributed by atoms with Gasteiger partial charge in [-0.25, -0.2) is 0 Å². The molecular formula is C20H23NO. The first-order valence-electron chi connectivity index (χ1n) is 8.13. The second kappa shape index (κ2) is 6.78. The Bertz CT molecular complexity index is 608. The predicted octanol–water partition coefficient (Wildman–Crippen LogP) is 3.93. The van der Waals surface area contributed by atoms with Crippen LogP contribution in [0.3, 0.4) is 0 Å². The highest BCUT2D eigenvalue weighted by molar-refractivity contribution is 5.83. The van der Waals surface area contributed by atoms with Crippen molar-refractivity contribution in [1.82, 2.24) is 5.32 Å². The summed E-state index contributed by atoms with van der Waals surface area (Å²) < 4.78 is 0. The lowest BCUT2D eigenvalue weighted by Crippen LogP contribution is -2.34. The van der Waals surface area contributed by atoms with E-state index in [1.807, 2.05) is 24.3 Å². The molecule has 2 aromatic rings. The zero-order valence-corrected chi connectivity index (χ0v) is 13.0. The maximum absolute atomic E-state index is 12.3. The largest absolute Gasteiger partial charge is 0.353 e. The third kappa shape index (κ3) is 3.76. The third-order valence-corrected chi connectivity index (χ3v) is 4.45. The van der Waals surface area contributed by atoms with Gasteiger partial charge >= 0.3 is 0 Å². The van der Waals surface area contributed by atoms with E-state index in [1.165, 1.54) is 11.1 Å². The van der Waals surface area contributed by atoms with Gasteiger partial charge in [0.15, 0.2) is 0 Å². The van der Waals surface area contributed by atoms with Crippen LogP contribution in [0.15, 0.2) is 60.7 Å². The van der Waals surface area contributed by atoms with Gasteiger partial charge in [-0.15, -0.1) is 0 Å². The van der Waals surface area contributed by atoms with Crippen molar-refractivity contribution < 1.29 is 4.79 Å². The Balaban J connectivity index is 1.44. The highest BCUT2D eigenvalue weighted by atomic mass is 16.2. The number of carbonyl (C=O) groups excluding carboxylic acids is 1. The molecule has 2 heteroatoms. The van der Waals surface area contributed by atoms with Crippen molar-refractivity contribution >= 4 is 5.91 Å². The summed E-state index contributed by atoms with van der Waals surface area (Å²) in [4.78, 5) is 12.3. The van der Waals surface area contributed by atoms with Crippen LogP contribution in [0.1, 0.15) is 36.8 Å². The lowest BCUT2D eigenvalue weighted by atomic mass is 10.1. The minimum atomic E-state index is 0.168. The van der Waals surface area contributed by atoms with Gasteiger partial charge in [0.05, 0.1) is 0 Å². The molecule has 2 nitrogen and oxygen atoms in total. The number of hydrogen-bond acceptors (Lipinski definition) is 1. The zero-order valence-electron chi connectivity index (χ0n) is 13.0. The standard InChI is InChI=1S/C20H23NO/c1-15(12-13-16-8-4-2-5-9-16)21-20(22)19-14-18(19)17-10-6-3-7-11-17/h2-11,15,18-19H,12-14H2,1H3,(H,21,22)/t15-,18+,19-/m0/s1. The molecule has 3 rings (SSSR count). The van der Waals surface area contributed by atoms with E-state index in [4.69, 9.17) is 0 Å². The summed E-state index contributed by atoms with van der Waals surface area (Å²) in [6.45, 7) is 2.10. The topological polar surface area (TPSA) is 29.1 Å². The molecule has 0 unspecified atom stereocenters. The number of aryl methyl sites for hydroxylation is 1. The molecule has 1 N–H and O–H groups in total. The van der Waals surface area contributed by atoms with Gasteiger partial charge in [-0.1, -0.05) is 60.7 Å². The molecule has 2 aromatic carbocycles. The summed E-state index contributed by atoms with van der Waals surface area (Å²) in [5.74, 6) is 0.804. The zero-order chi connectivity index (χ0) is 15.4. The fourth-order valence-electron chi connectivity index (χ4n) is 3.00. The Kier molecular flexibility index (Phi) is 4.57. The van der Waals surface area contributed by atoms with Crippen LogP contribution in [0, 0.1) is 5.92 Å². The van der Waals surface area contributed by atoms with Crippen LogP contribution in [-0.4, -0.2) is 11.9 Å². The van der Waals surface area contributed by atoms with Crippen molar-refractivity contribution in [3.05, 3.63) is 71.8 Å². The maximum atomic E-state index is 12.3. The molecule has 1 aliphatic carbocycles. The van der Waals surface area contributed by atoms with Crippen molar-refractivity contribution in [2.75, 3.05) is 0 Å². The smallest absolute Gasteiger partial charge is 0.223 e. The van der Waals surface area contributed by atoms with Gasteiger partial charge in [-0.2, -0.15) is 0 Å². The lowest BCUT2D eigenvalue weighted by Gasteiger charge is -2.14. The molecule has 1 amide bonds. The summed E-state index contributed by atoms with van der Waals surface area (Å²) in [5, 5.41) is 3.17. The van der Waals surface area contributed by atoms with Gasteiger partial charge in [-0.3, -0.25) is 4.79 Å². The Morgan fingerprint density at radius 2 is 1.73 bits per heavy atom. The molecule has 114 valence electrons. The van der Waals surface area contributed by atoms with Crippen molar-refractivity contribution in [3.63, 3.8) is 0 Å². The second-order valence-corrected chi connectivity index (χ2v) is 6.29. The molecule has 1 aliphatic rings. The average molecular weight is 293 g/mol. The Morgan fingerprint density at radius 3 is 2.41 bits per heavy atom. The lowest BCUT2D eigenvalue weighted by molar-refractivity contribution is -0.123. The van der Waals surface area contributed by atoms with Gasteiger partial charge in [0.25, 0.3) is 0 Å². The van der Waals surface area contributed by atoms with Crippen LogP contribution in [0.4, 0.5) is 0 Å². The molecule has 0 radical (unpaired) electrons. The number of benzene rings is 2. The van der Waals surface area contributed by atoms with Crippen molar-refractivity contribution in [3.8, 4) is 0 Å². The molecule has 0 aliphatic heterocycles. The van der Waals surface area contributed by atoms with E-state index in [0.29, 0.717) is 5.92 Å². The van der Waals surface area contributed by atoms with Gasteiger partial charge < -0.3 is 5.32 Å². The van der Waals surface area contributed by atoms with Gasteiger partial charge in [0, 0.05) is 12.0 Å². The SMILES string of the molecule is C[C@@H](CCc1ccccc1)NC(=O)[C@H]1C[C@@H]1c1ccccc1. The van der Waals surface area contributed by atoms with Crippen LogP contribution >= 0.6 is 0 Å². The first-order chi connectivity index (χ1) is 10.7. The van der Waals surface area contributed by atoms with E-state index >= 15 is 0 Å². The van der Waals surface area contributed by atoms with Gasteiger partial charge in [-0.05, 0) is 43.2 Å². The van der Waals surface area contributed by atoms with Crippen molar-refractivity contribution in [2.24, 2.45) is 5.92 Å². The fraction of sp³-hybridized carbons (Fsp3) is 0.350. The van der Waals surface area contributed by atoms with Crippen molar-refractivity contribution in [1.29, 1.82) is 0 Å². The van der Waals surface area contributed by atoms with E-state index in [1.54, 1.807) is 0 Å². The molecule has 0 bridgehead atoms. The number of nitrogens with one attached hydrogen (secondary N) is 1. The molecule has 0 saturated heterocycles. The summed E-state index contributed by atoms with van der Waals surface area (Å²) in [6.07, 6.45) is 2.98. The third-order valence-electron chi connectivity index (χ3n) is 4.45. The van der Waals surface area contributed by atoms with Crippen LogP contribution in [0.2, 0.25) is 0 Å². The fourth-order valence-corrected chi connectivity index (χ4v) is 3.00. The molecule has 1 fully saturated rings. The van der Waals surface area contributed by atoms with Gasteiger partial charge in [0.2, 0.25) is 5.91 Å². The minimum absolute atomic E-state index is 0.168. The van der Waals surface area contributed by atoms with E-state index in [-0.39, 0.29) is 17.9 Å².